The molecule has 2 aliphatic rings. The summed E-state index contributed by atoms with van der Waals surface area (Å²) in [6.45, 7) is 2.17. The molecule has 3 atom stereocenters. The maximum Gasteiger partial charge on any atom is 0.279 e. The molecule has 244 valence electrons. The molecule has 2 amide bonds. The molecule has 0 bridgehead atoms. The van der Waals surface area contributed by atoms with E-state index in [1.807, 2.05) is 66.7 Å². The van der Waals surface area contributed by atoms with E-state index in [9.17, 15) is 24.6 Å². The van der Waals surface area contributed by atoms with Gasteiger partial charge in [-0.05, 0) is 65.6 Å². The van der Waals surface area contributed by atoms with Crippen molar-refractivity contribution < 1.29 is 19.8 Å². The van der Waals surface area contributed by atoms with Gasteiger partial charge in [0, 0.05) is 29.5 Å². The van der Waals surface area contributed by atoms with Gasteiger partial charge in [-0.2, -0.15) is 0 Å². The Morgan fingerprint density at radius 3 is 2.58 bits per heavy atom. The van der Waals surface area contributed by atoms with Crippen LogP contribution in [0.1, 0.15) is 35.6 Å². The molecule has 3 N–H and O–H groups in total. The molecule has 0 aliphatic carbocycles. The molecule has 0 saturated heterocycles. The Kier molecular flexibility index (Phi) is 8.29. The van der Waals surface area contributed by atoms with Gasteiger partial charge in [-0.3, -0.25) is 19.5 Å². The number of aromatic nitrogens is 2. The molecule has 2 aliphatic heterocycles. The van der Waals surface area contributed by atoms with Gasteiger partial charge >= 0.3 is 0 Å². The second kappa shape index (κ2) is 12.6. The highest BCUT2D eigenvalue weighted by Crippen LogP contribution is 2.46. The maximum atomic E-state index is 14.1. The van der Waals surface area contributed by atoms with E-state index < -0.39 is 17.4 Å². The summed E-state index contributed by atoms with van der Waals surface area (Å²) in [6, 6.07) is 27.3. The Hall–Kier alpha value is -4.96. The normalized spacial score (nSPS) is 19.6. The predicted molar refractivity (Wildman–Crippen MR) is 185 cm³/mol. The van der Waals surface area contributed by atoms with Gasteiger partial charge in [0.05, 0.1) is 41.5 Å². The average molecular weight is 663 g/mol. The third-order valence-electron chi connectivity index (χ3n) is 9.60. The van der Waals surface area contributed by atoms with E-state index in [2.05, 4.69) is 5.10 Å². The van der Waals surface area contributed by atoms with E-state index in [0.717, 1.165) is 22.2 Å². The Morgan fingerprint density at radius 2 is 1.79 bits per heavy atom. The highest BCUT2D eigenvalue weighted by atomic mass is 35.5. The van der Waals surface area contributed by atoms with Gasteiger partial charge in [-0.15, -0.1) is 0 Å². The number of para-hydroxylation sites is 1. The minimum Gasteiger partial charge on any atom is -0.394 e. The smallest absolute Gasteiger partial charge is 0.279 e. The summed E-state index contributed by atoms with van der Waals surface area (Å²) in [7, 11) is 0. The van der Waals surface area contributed by atoms with Crippen LogP contribution < -0.4 is 10.5 Å². The summed E-state index contributed by atoms with van der Waals surface area (Å²) in [6.07, 6.45) is 4.02. The molecular formula is C38H35ClN4O5. The quantitative estimate of drug-likeness (QED) is 0.197. The number of carbonyl (C=O) groups is 2. The first-order valence-corrected chi connectivity index (χ1v) is 16.3. The molecule has 3 heterocycles. The second-order valence-corrected chi connectivity index (χ2v) is 13.0. The lowest BCUT2D eigenvalue weighted by atomic mass is 9.83. The predicted octanol–water partition coefficient (Wildman–Crippen LogP) is 5.23. The van der Waals surface area contributed by atoms with E-state index in [-0.39, 0.29) is 37.1 Å². The number of hydrogen-bond donors (Lipinski definition) is 3. The number of hydrogen-bond acceptors (Lipinski definition) is 5. The Morgan fingerprint density at radius 1 is 1.02 bits per heavy atom. The largest absolute Gasteiger partial charge is 0.394 e. The summed E-state index contributed by atoms with van der Waals surface area (Å²) in [5.41, 5.74) is 3.11. The molecule has 1 aromatic heterocycles. The maximum absolute atomic E-state index is 14.1. The van der Waals surface area contributed by atoms with Crippen molar-refractivity contribution in [1.82, 2.24) is 14.7 Å². The molecule has 48 heavy (non-hydrogen) atoms. The summed E-state index contributed by atoms with van der Waals surface area (Å²) in [4.78, 5) is 43.8. The summed E-state index contributed by atoms with van der Waals surface area (Å²) in [5, 5.41) is 26.2. The molecule has 5 aromatic rings. The zero-order chi connectivity index (χ0) is 33.6. The molecule has 7 rings (SSSR count). The van der Waals surface area contributed by atoms with Crippen LogP contribution in [-0.2, 0) is 34.7 Å². The van der Waals surface area contributed by atoms with Gasteiger partial charge in [0.2, 0.25) is 5.91 Å². The number of nitrogens with zero attached hydrogens (tertiary/aromatic N) is 3. The van der Waals surface area contributed by atoms with E-state index in [1.165, 1.54) is 9.58 Å². The van der Waals surface area contributed by atoms with Gasteiger partial charge in [0.15, 0.2) is 5.60 Å². The van der Waals surface area contributed by atoms with Crippen molar-refractivity contribution in [3.63, 3.8) is 0 Å². The van der Waals surface area contributed by atoms with Crippen LogP contribution in [0.25, 0.3) is 16.6 Å². The van der Waals surface area contributed by atoms with E-state index in [0.29, 0.717) is 40.3 Å². The van der Waals surface area contributed by atoms with Crippen LogP contribution in [0.4, 0.5) is 5.69 Å². The van der Waals surface area contributed by atoms with Crippen molar-refractivity contribution in [2.75, 3.05) is 11.5 Å². The average Bonchev–Trinajstić information content (AvgIpc) is 3.55. The Balaban J connectivity index is 1.12. The van der Waals surface area contributed by atoms with Gasteiger partial charge in [-0.25, -0.2) is 4.68 Å². The fourth-order valence-electron chi connectivity index (χ4n) is 6.97. The van der Waals surface area contributed by atoms with Crippen LogP contribution in [0, 0.1) is 5.92 Å². The van der Waals surface area contributed by atoms with Crippen molar-refractivity contribution in [2.45, 2.75) is 44.5 Å². The lowest BCUT2D eigenvalue weighted by molar-refractivity contribution is -0.139. The molecule has 10 heteroatoms. The van der Waals surface area contributed by atoms with Crippen LogP contribution in [-0.4, -0.2) is 49.4 Å². The lowest BCUT2D eigenvalue weighted by Gasteiger charge is -2.36. The number of fused-ring (bicyclic) bond motifs is 3. The van der Waals surface area contributed by atoms with Gasteiger partial charge < -0.3 is 20.0 Å². The summed E-state index contributed by atoms with van der Waals surface area (Å²) < 4.78 is 1.48. The second-order valence-electron chi connectivity index (χ2n) is 12.5. The van der Waals surface area contributed by atoms with Crippen molar-refractivity contribution in [3.05, 3.63) is 141 Å². The van der Waals surface area contributed by atoms with Crippen LogP contribution in [0.15, 0.2) is 108 Å². The number of benzene rings is 4. The van der Waals surface area contributed by atoms with Crippen molar-refractivity contribution in [2.24, 2.45) is 5.92 Å². The third-order valence-corrected chi connectivity index (χ3v) is 9.83. The fraction of sp³-hybridized carbons (Fsp3) is 0.237. The summed E-state index contributed by atoms with van der Waals surface area (Å²) in [5.74, 6) is -1.35. The van der Waals surface area contributed by atoms with Gasteiger partial charge in [0.25, 0.3) is 11.5 Å². The summed E-state index contributed by atoms with van der Waals surface area (Å²) >= 11 is 6.38. The van der Waals surface area contributed by atoms with Gasteiger partial charge in [0.1, 0.15) is 0 Å². The molecule has 0 saturated carbocycles. The number of H-pyrrole nitrogens is 1. The standard InChI is InChI=1S/C38H35ClN4O5/c1-24(8-6-15-35(45)41-22-27-11-3-2-10-26(27)19-30(41)23-44)38(48)32-20-28(39)16-17-34(32)42(37(38)47)21-25-9-7-12-29(18-25)43-36(46)31-13-4-5-14-33(31)40-43/h2-14,16-18,20,24,30,40,44,48H,15,19,21-23H2,1H3/b8-6+/t24-,30-,38+/m0/s1. The first-order valence-electron chi connectivity index (χ1n) is 16.0. The van der Waals surface area contributed by atoms with Crippen LogP contribution >= 0.6 is 11.6 Å². The number of carbonyl (C=O) groups excluding carboxylic acids is 2. The molecule has 0 radical (unpaired) electrons. The first-order chi connectivity index (χ1) is 23.2. The molecule has 0 unspecified atom stereocenters. The molecule has 9 nitrogen and oxygen atoms in total. The van der Waals surface area contributed by atoms with Crippen LogP contribution in [0.2, 0.25) is 5.02 Å². The number of anilines is 1. The van der Waals surface area contributed by atoms with Crippen LogP contribution in [0.3, 0.4) is 0 Å². The molecule has 0 fully saturated rings. The highest BCUT2D eigenvalue weighted by molar-refractivity contribution is 6.31. The zero-order valence-corrected chi connectivity index (χ0v) is 27.1. The number of aromatic amines is 1. The number of halogens is 1. The van der Waals surface area contributed by atoms with E-state index >= 15 is 0 Å². The van der Waals surface area contributed by atoms with Crippen LogP contribution in [0.5, 0.6) is 0 Å². The van der Waals surface area contributed by atoms with Crippen molar-refractivity contribution >= 4 is 40.0 Å². The highest BCUT2D eigenvalue weighted by Gasteiger charge is 2.52. The SMILES string of the molecule is C[C@@H](/C=C/CC(=O)N1Cc2ccccc2C[C@H]1CO)[C@]1(O)C(=O)N(Cc2cccc(-n3[nH]c4ccccc4c3=O)c2)c2ccc(Cl)cc21. The molecular weight excluding hydrogens is 628 g/mol. The third kappa shape index (κ3) is 5.43. The number of aliphatic hydroxyl groups is 2. The fourth-order valence-corrected chi connectivity index (χ4v) is 7.14. The lowest BCUT2D eigenvalue weighted by Crippen LogP contribution is -2.46. The number of nitrogens with one attached hydrogen (secondary N) is 1. The number of aliphatic hydroxyl groups excluding tert-OH is 1. The van der Waals surface area contributed by atoms with E-state index in [4.69, 9.17) is 11.6 Å². The Labute approximate surface area is 282 Å². The number of amides is 2. The molecule has 0 spiro atoms. The minimum absolute atomic E-state index is 0.0549. The zero-order valence-electron chi connectivity index (χ0n) is 26.3. The molecule has 4 aromatic carbocycles. The van der Waals surface area contributed by atoms with Crippen molar-refractivity contribution in [3.8, 4) is 5.69 Å². The monoisotopic (exact) mass is 662 g/mol. The first kappa shape index (κ1) is 31.6. The number of rotatable bonds is 8. The van der Waals surface area contributed by atoms with E-state index in [1.54, 1.807) is 48.2 Å². The minimum atomic E-state index is -1.93. The van der Waals surface area contributed by atoms with Crippen molar-refractivity contribution in [1.29, 1.82) is 0 Å². The Bertz CT molecular complexity index is 2140. The van der Waals surface area contributed by atoms with Gasteiger partial charge in [-0.1, -0.05) is 79.2 Å². The topological polar surface area (TPSA) is 119 Å².